The molecule has 2 atom stereocenters. The Labute approximate surface area is 120 Å². The van der Waals surface area contributed by atoms with E-state index in [-0.39, 0.29) is 23.7 Å². The third kappa shape index (κ3) is 4.28. The summed E-state index contributed by atoms with van der Waals surface area (Å²) < 4.78 is 29.6. The number of alkyl halides is 2. The SMILES string of the molecule is Cn1nc(NC(=O)NC[C@@H]2CCC[C@H]2O)cc1OC(F)F. The molecule has 0 unspecified atom stereocenters. The maximum Gasteiger partial charge on any atom is 0.388 e. The number of aliphatic hydroxyl groups is 1. The molecule has 0 bridgehead atoms. The molecule has 1 aliphatic carbocycles. The third-order valence-corrected chi connectivity index (χ3v) is 3.43. The monoisotopic (exact) mass is 304 g/mol. The van der Waals surface area contributed by atoms with Gasteiger partial charge in [0.2, 0.25) is 5.88 Å². The molecular weight excluding hydrogens is 286 g/mol. The molecule has 1 fully saturated rings. The highest BCUT2D eigenvalue weighted by molar-refractivity contribution is 5.88. The van der Waals surface area contributed by atoms with E-state index in [1.165, 1.54) is 13.1 Å². The first-order chi connectivity index (χ1) is 9.95. The van der Waals surface area contributed by atoms with Crippen molar-refractivity contribution in [3.8, 4) is 5.88 Å². The zero-order chi connectivity index (χ0) is 15.4. The summed E-state index contributed by atoms with van der Waals surface area (Å²) in [5.74, 6) is 0.0151. The van der Waals surface area contributed by atoms with Crippen molar-refractivity contribution in [2.45, 2.75) is 32.0 Å². The summed E-state index contributed by atoms with van der Waals surface area (Å²) in [7, 11) is 1.43. The fraction of sp³-hybridized carbons (Fsp3) is 0.667. The van der Waals surface area contributed by atoms with E-state index < -0.39 is 12.6 Å². The number of carbonyl (C=O) groups is 1. The molecule has 9 heteroatoms. The number of hydrogen-bond donors (Lipinski definition) is 3. The van der Waals surface area contributed by atoms with Gasteiger partial charge in [0.05, 0.1) is 6.10 Å². The number of ether oxygens (including phenoxy) is 1. The lowest BCUT2D eigenvalue weighted by Gasteiger charge is -2.14. The van der Waals surface area contributed by atoms with E-state index in [0.29, 0.717) is 6.54 Å². The second kappa shape index (κ2) is 6.70. The Balaban J connectivity index is 1.82. The van der Waals surface area contributed by atoms with Crippen LogP contribution in [0, 0.1) is 5.92 Å². The molecule has 1 aromatic rings. The lowest BCUT2D eigenvalue weighted by Crippen LogP contribution is -2.35. The van der Waals surface area contributed by atoms with Gasteiger partial charge < -0.3 is 15.2 Å². The smallest absolute Gasteiger partial charge is 0.388 e. The summed E-state index contributed by atoms with van der Waals surface area (Å²) in [5, 5.41) is 18.5. The number of urea groups is 1. The van der Waals surface area contributed by atoms with E-state index in [4.69, 9.17) is 0 Å². The first-order valence-electron chi connectivity index (χ1n) is 6.67. The number of carbonyl (C=O) groups excluding carboxylic acids is 1. The molecule has 0 aliphatic heterocycles. The molecule has 3 N–H and O–H groups in total. The molecule has 118 valence electrons. The quantitative estimate of drug-likeness (QED) is 0.765. The van der Waals surface area contributed by atoms with Crippen molar-refractivity contribution in [1.82, 2.24) is 15.1 Å². The van der Waals surface area contributed by atoms with Crippen LogP contribution in [-0.2, 0) is 7.05 Å². The first kappa shape index (κ1) is 15.5. The summed E-state index contributed by atoms with van der Waals surface area (Å²) in [6.07, 6.45) is 2.19. The van der Waals surface area contributed by atoms with Crippen LogP contribution in [0.3, 0.4) is 0 Å². The van der Waals surface area contributed by atoms with Crippen LogP contribution in [0.1, 0.15) is 19.3 Å². The predicted octanol–water partition coefficient (Wildman–Crippen LogP) is 1.30. The van der Waals surface area contributed by atoms with E-state index in [1.54, 1.807) is 0 Å². The number of nitrogens with zero attached hydrogens (tertiary/aromatic N) is 2. The topological polar surface area (TPSA) is 88.4 Å². The van der Waals surface area contributed by atoms with Gasteiger partial charge in [0.1, 0.15) is 0 Å². The fourth-order valence-corrected chi connectivity index (χ4v) is 2.35. The van der Waals surface area contributed by atoms with Crippen LogP contribution in [0.15, 0.2) is 6.07 Å². The van der Waals surface area contributed by atoms with Gasteiger partial charge in [-0.05, 0) is 12.8 Å². The van der Waals surface area contributed by atoms with Gasteiger partial charge in [-0.15, -0.1) is 0 Å². The minimum absolute atomic E-state index is 0.0530. The Kier molecular flexibility index (Phi) is 4.94. The number of aryl methyl sites for hydroxylation is 1. The molecule has 1 heterocycles. The third-order valence-electron chi connectivity index (χ3n) is 3.43. The zero-order valence-electron chi connectivity index (χ0n) is 11.6. The molecule has 7 nitrogen and oxygen atoms in total. The first-order valence-corrected chi connectivity index (χ1v) is 6.67. The molecule has 1 aliphatic rings. The van der Waals surface area contributed by atoms with Crippen LogP contribution in [0.4, 0.5) is 19.4 Å². The fourth-order valence-electron chi connectivity index (χ4n) is 2.35. The Hall–Kier alpha value is -1.90. The largest absolute Gasteiger partial charge is 0.417 e. The Morgan fingerprint density at radius 1 is 1.62 bits per heavy atom. The molecule has 1 aromatic heterocycles. The van der Waals surface area contributed by atoms with E-state index in [2.05, 4.69) is 20.5 Å². The van der Waals surface area contributed by atoms with Gasteiger partial charge in [-0.1, -0.05) is 6.42 Å². The highest BCUT2D eigenvalue weighted by Crippen LogP contribution is 2.24. The number of amides is 2. The van der Waals surface area contributed by atoms with Gasteiger partial charge in [-0.3, -0.25) is 5.32 Å². The lowest BCUT2D eigenvalue weighted by molar-refractivity contribution is -0.0553. The summed E-state index contributed by atoms with van der Waals surface area (Å²) in [5.41, 5.74) is 0. The van der Waals surface area contributed by atoms with Crippen molar-refractivity contribution < 1.29 is 23.4 Å². The van der Waals surface area contributed by atoms with Crippen LogP contribution >= 0.6 is 0 Å². The van der Waals surface area contributed by atoms with Gasteiger partial charge in [0.15, 0.2) is 5.82 Å². The molecule has 2 rings (SSSR count). The predicted molar refractivity (Wildman–Crippen MR) is 70.2 cm³/mol. The number of hydrogen-bond acceptors (Lipinski definition) is 4. The molecule has 0 spiro atoms. The summed E-state index contributed by atoms with van der Waals surface area (Å²) >= 11 is 0. The maximum atomic E-state index is 12.1. The van der Waals surface area contributed by atoms with E-state index >= 15 is 0 Å². The van der Waals surface area contributed by atoms with Crippen LogP contribution in [0.5, 0.6) is 5.88 Å². The van der Waals surface area contributed by atoms with Gasteiger partial charge in [-0.25, -0.2) is 9.48 Å². The maximum absolute atomic E-state index is 12.1. The van der Waals surface area contributed by atoms with Crippen LogP contribution < -0.4 is 15.4 Å². The highest BCUT2D eigenvalue weighted by atomic mass is 19.3. The Morgan fingerprint density at radius 2 is 2.38 bits per heavy atom. The molecule has 0 aromatic carbocycles. The normalized spacial score (nSPS) is 21.6. The Morgan fingerprint density at radius 3 is 3.00 bits per heavy atom. The number of aromatic nitrogens is 2. The van der Waals surface area contributed by atoms with Crippen LogP contribution in [0.25, 0.3) is 0 Å². The zero-order valence-corrected chi connectivity index (χ0v) is 11.6. The standard InChI is InChI=1S/C12H18F2N4O3/c1-18-10(21-11(13)14)5-9(17-18)16-12(20)15-6-7-3-2-4-8(7)19/h5,7-8,11,19H,2-4,6H2,1H3,(H2,15,16,17,20)/t7-,8+/m0/s1. The molecule has 0 radical (unpaired) electrons. The van der Waals surface area contributed by atoms with Crippen molar-refractivity contribution in [1.29, 1.82) is 0 Å². The van der Waals surface area contributed by atoms with Gasteiger partial charge in [0.25, 0.3) is 0 Å². The van der Waals surface area contributed by atoms with Crippen molar-refractivity contribution in [2.24, 2.45) is 13.0 Å². The van der Waals surface area contributed by atoms with Gasteiger partial charge in [0, 0.05) is 25.6 Å². The van der Waals surface area contributed by atoms with Crippen LogP contribution in [0.2, 0.25) is 0 Å². The minimum Gasteiger partial charge on any atom is -0.417 e. The second-order valence-electron chi connectivity index (χ2n) is 4.96. The molecule has 2 amide bonds. The molecule has 21 heavy (non-hydrogen) atoms. The average Bonchev–Trinajstić information content (AvgIpc) is 2.93. The van der Waals surface area contributed by atoms with Crippen molar-refractivity contribution in [2.75, 3.05) is 11.9 Å². The van der Waals surface area contributed by atoms with E-state index in [1.807, 2.05) is 0 Å². The number of aliphatic hydroxyl groups excluding tert-OH is 1. The summed E-state index contributed by atoms with van der Waals surface area (Å²) in [6, 6.07) is 0.701. The number of halogens is 2. The summed E-state index contributed by atoms with van der Waals surface area (Å²) in [6.45, 7) is -2.59. The second-order valence-corrected chi connectivity index (χ2v) is 4.96. The number of anilines is 1. The van der Waals surface area contributed by atoms with Gasteiger partial charge in [-0.2, -0.15) is 13.9 Å². The highest BCUT2D eigenvalue weighted by Gasteiger charge is 2.25. The summed E-state index contributed by atoms with van der Waals surface area (Å²) in [4.78, 5) is 11.7. The van der Waals surface area contributed by atoms with Crippen molar-refractivity contribution >= 4 is 11.8 Å². The van der Waals surface area contributed by atoms with Gasteiger partial charge >= 0.3 is 12.6 Å². The van der Waals surface area contributed by atoms with E-state index in [0.717, 1.165) is 23.9 Å². The average molecular weight is 304 g/mol. The minimum atomic E-state index is -2.95. The lowest BCUT2D eigenvalue weighted by atomic mass is 10.1. The molecular formula is C12H18F2N4O3. The van der Waals surface area contributed by atoms with Crippen molar-refractivity contribution in [3.05, 3.63) is 6.07 Å². The van der Waals surface area contributed by atoms with E-state index in [9.17, 15) is 18.7 Å². The number of nitrogens with one attached hydrogen (secondary N) is 2. The molecule has 1 saturated carbocycles. The number of rotatable bonds is 5. The Bertz CT molecular complexity index is 495. The van der Waals surface area contributed by atoms with Crippen LogP contribution in [-0.4, -0.2) is 40.2 Å². The molecule has 0 saturated heterocycles. The van der Waals surface area contributed by atoms with Crippen molar-refractivity contribution in [3.63, 3.8) is 0 Å².